The van der Waals surface area contributed by atoms with E-state index in [4.69, 9.17) is 19.7 Å². The van der Waals surface area contributed by atoms with E-state index < -0.39 is 0 Å². The molecule has 0 aliphatic carbocycles. The lowest BCUT2D eigenvalue weighted by molar-refractivity contribution is 0.342. The molecule has 3 aromatic rings. The number of ether oxygens (including phenoxy) is 2. The van der Waals surface area contributed by atoms with Gasteiger partial charge in [0, 0.05) is 5.75 Å². The quantitative estimate of drug-likeness (QED) is 0.404. The molecule has 0 bridgehead atoms. The number of benzene rings is 1. The molecule has 0 fully saturated rings. The van der Waals surface area contributed by atoms with Crippen LogP contribution < -0.4 is 15.3 Å². The topological polar surface area (TPSA) is 88.3 Å². The van der Waals surface area contributed by atoms with Crippen LogP contribution in [0.4, 0.5) is 0 Å². The summed E-state index contributed by atoms with van der Waals surface area (Å²) in [7, 11) is 1.63. The Bertz CT molecular complexity index is 741. The molecule has 0 amide bonds. The van der Waals surface area contributed by atoms with Crippen molar-refractivity contribution >= 4 is 11.8 Å². The predicted molar refractivity (Wildman–Crippen MR) is 87.1 cm³/mol. The second-order valence-corrected chi connectivity index (χ2v) is 5.59. The van der Waals surface area contributed by atoms with Gasteiger partial charge in [0.2, 0.25) is 11.0 Å². The van der Waals surface area contributed by atoms with Crippen molar-refractivity contribution in [3.63, 3.8) is 0 Å². The molecule has 3 rings (SSSR count). The smallest absolute Gasteiger partial charge is 0.218 e. The van der Waals surface area contributed by atoms with Crippen LogP contribution in [0, 0.1) is 0 Å². The molecule has 0 saturated heterocycles. The first-order valence-electron chi connectivity index (χ1n) is 6.92. The number of nitrogens with two attached hydrogens (primary N) is 1. The number of hydrogen-bond acceptors (Lipinski definition) is 7. The van der Waals surface area contributed by atoms with Crippen molar-refractivity contribution in [3.8, 4) is 23.1 Å². The average Bonchev–Trinajstić information content (AvgIpc) is 3.22. The molecular formula is C15H16N4O3S. The summed E-state index contributed by atoms with van der Waals surface area (Å²) in [6.07, 6.45) is 1.57. The normalized spacial score (nSPS) is 10.7. The molecule has 0 unspecified atom stereocenters. The second kappa shape index (κ2) is 7.10. The molecule has 2 heterocycles. The number of nitrogens with zero attached hydrogens (tertiary/aromatic N) is 3. The fourth-order valence-electron chi connectivity index (χ4n) is 1.91. The average molecular weight is 332 g/mol. The van der Waals surface area contributed by atoms with E-state index in [1.54, 1.807) is 25.5 Å². The van der Waals surface area contributed by atoms with Gasteiger partial charge in [0.25, 0.3) is 0 Å². The van der Waals surface area contributed by atoms with Crippen LogP contribution in [0.15, 0.2) is 52.2 Å². The molecule has 7 nitrogen and oxygen atoms in total. The Morgan fingerprint density at radius 3 is 2.65 bits per heavy atom. The number of rotatable bonds is 7. The molecule has 0 spiro atoms. The van der Waals surface area contributed by atoms with Crippen molar-refractivity contribution in [2.24, 2.45) is 0 Å². The maximum atomic E-state index is 5.98. The lowest BCUT2D eigenvalue weighted by Crippen LogP contribution is -2.12. The van der Waals surface area contributed by atoms with Crippen molar-refractivity contribution in [2.45, 2.75) is 5.16 Å². The molecule has 120 valence electrons. The van der Waals surface area contributed by atoms with Gasteiger partial charge in [-0.3, -0.25) is 0 Å². The first-order chi connectivity index (χ1) is 11.3. The minimum absolute atomic E-state index is 0.494. The summed E-state index contributed by atoms with van der Waals surface area (Å²) < 4.78 is 17.4. The highest BCUT2D eigenvalue weighted by Gasteiger charge is 2.13. The van der Waals surface area contributed by atoms with Gasteiger partial charge in [0.05, 0.1) is 20.0 Å². The number of nitrogen functional groups attached to an aromatic ring is 1. The summed E-state index contributed by atoms with van der Waals surface area (Å²) in [6.45, 7) is 0.528. The molecule has 2 aromatic heterocycles. The summed E-state index contributed by atoms with van der Waals surface area (Å²) >= 11 is 1.47. The van der Waals surface area contributed by atoms with Gasteiger partial charge in [-0.2, -0.15) is 0 Å². The molecular weight excluding hydrogens is 316 g/mol. The van der Waals surface area contributed by atoms with Crippen LogP contribution in [0.2, 0.25) is 0 Å². The fourth-order valence-corrected chi connectivity index (χ4v) is 2.59. The Labute approximate surface area is 137 Å². The summed E-state index contributed by atoms with van der Waals surface area (Å²) in [4.78, 5) is 0. The highest BCUT2D eigenvalue weighted by Crippen LogP contribution is 2.22. The third kappa shape index (κ3) is 3.59. The summed E-state index contributed by atoms with van der Waals surface area (Å²) in [5.74, 6) is 9.34. The van der Waals surface area contributed by atoms with Gasteiger partial charge < -0.3 is 19.7 Å². The van der Waals surface area contributed by atoms with E-state index in [2.05, 4.69) is 10.2 Å². The molecule has 8 heteroatoms. The van der Waals surface area contributed by atoms with E-state index in [0.717, 1.165) is 11.5 Å². The number of aromatic nitrogens is 3. The van der Waals surface area contributed by atoms with Crippen molar-refractivity contribution in [1.29, 1.82) is 0 Å². The third-order valence-corrected chi connectivity index (χ3v) is 3.96. The summed E-state index contributed by atoms with van der Waals surface area (Å²) in [5.41, 5.74) is 0. The van der Waals surface area contributed by atoms with Crippen molar-refractivity contribution in [2.75, 3.05) is 25.3 Å². The number of thioether (sulfide) groups is 1. The monoisotopic (exact) mass is 332 g/mol. The standard InChI is InChI=1S/C15H16N4O3S/c1-20-11-4-6-12(7-5-11)21-9-10-23-15-18-17-14(19(15)16)13-3-2-8-22-13/h2-8H,9-10,16H2,1H3. The highest BCUT2D eigenvalue weighted by atomic mass is 32.2. The largest absolute Gasteiger partial charge is 0.497 e. The van der Waals surface area contributed by atoms with Gasteiger partial charge in [0.1, 0.15) is 11.5 Å². The van der Waals surface area contributed by atoms with Crippen LogP contribution in [-0.4, -0.2) is 34.3 Å². The fraction of sp³-hybridized carbons (Fsp3) is 0.200. The van der Waals surface area contributed by atoms with E-state index in [9.17, 15) is 0 Å². The molecule has 0 atom stereocenters. The molecule has 23 heavy (non-hydrogen) atoms. The molecule has 0 radical (unpaired) electrons. The maximum Gasteiger partial charge on any atom is 0.218 e. The van der Waals surface area contributed by atoms with Gasteiger partial charge in [0.15, 0.2) is 5.76 Å². The van der Waals surface area contributed by atoms with E-state index in [1.807, 2.05) is 24.3 Å². The second-order valence-electron chi connectivity index (χ2n) is 4.53. The maximum absolute atomic E-state index is 5.98. The van der Waals surface area contributed by atoms with Gasteiger partial charge in [-0.15, -0.1) is 10.2 Å². The molecule has 0 aliphatic heterocycles. The van der Waals surface area contributed by atoms with Crippen LogP contribution in [-0.2, 0) is 0 Å². The van der Waals surface area contributed by atoms with Gasteiger partial charge in [-0.05, 0) is 36.4 Å². The Kier molecular flexibility index (Phi) is 4.72. The van der Waals surface area contributed by atoms with E-state index in [1.165, 1.54) is 16.4 Å². The zero-order valence-corrected chi connectivity index (χ0v) is 13.3. The molecule has 0 saturated carbocycles. The minimum atomic E-state index is 0.494. The zero-order valence-electron chi connectivity index (χ0n) is 12.5. The summed E-state index contributed by atoms with van der Waals surface area (Å²) in [6, 6.07) is 11.0. The van der Waals surface area contributed by atoms with Crippen molar-refractivity contribution in [3.05, 3.63) is 42.7 Å². The first kappa shape index (κ1) is 15.3. The first-order valence-corrected chi connectivity index (χ1v) is 7.90. The van der Waals surface area contributed by atoms with Crippen LogP contribution in [0.1, 0.15) is 0 Å². The van der Waals surface area contributed by atoms with Crippen LogP contribution in [0.25, 0.3) is 11.6 Å². The van der Waals surface area contributed by atoms with Gasteiger partial charge >= 0.3 is 0 Å². The summed E-state index contributed by atoms with van der Waals surface area (Å²) in [5, 5.41) is 8.70. The lowest BCUT2D eigenvalue weighted by Gasteiger charge is -2.06. The van der Waals surface area contributed by atoms with Gasteiger partial charge in [-0.25, -0.2) is 4.68 Å². The van der Waals surface area contributed by atoms with Crippen LogP contribution >= 0.6 is 11.8 Å². The van der Waals surface area contributed by atoms with Crippen LogP contribution in [0.3, 0.4) is 0 Å². The van der Waals surface area contributed by atoms with Crippen molar-refractivity contribution < 1.29 is 13.9 Å². The Balaban J connectivity index is 1.51. The zero-order chi connectivity index (χ0) is 16.1. The SMILES string of the molecule is COc1ccc(OCCSc2nnc(-c3ccco3)n2N)cc1. The predicted octanol–water partition coefficient (Wildman–Crippen LogP) is 2.43. The van der Waals surface area contributed by atoms with Gasteiger partial charge in [-0.1, -0.05) is 11.8 Å². The van der Waals surface area contributed by atoms with Crippen LogP contribution in [0.5, 0.6) is 11.5 Å². The minimum Gasteiger partial charge on any atom is -0.497 e. The molecule has 2 N–H and O–H groups in total. The third-order valence-electron chi connectivity index (χ3n) is 3.05. The van der Waals surface area contributed by atoms with E-state index in [0.29, 0.717) is 29.1 Å². The number of furan rings is 1. The number of methoxy groups -OCH3 is 1. The lowest BCUT2D eigenvalue weighted by atomic mass is 10.3. The number of hydrogen-bond donors (Lipinski definition) is 1. The van der Waals surface area contributed by atoms with Crippen molar-refractivity contribution in [1.82, 2.24) is 14.9 Å². The Morgan fingerprint density at radius 1 is 1.17 bits per heavy atom. The van der Waals surface area contributed by atoms with E-state index >= 15 is 0 Å². The Hall–Kier alpha value is -2.61. The van der Waals surface area contributed by atoms with E-state index in [-0.39, 0.29) is 0 Å². The highest BCUT2D eigenvalue weighted by molar-refractivity contribution is 7.99. The molecule has 0 aliphatic rings. The Morgan fingerprint density at radius 2 is 1.96 bits per heavy atom. The molecule has 1 aromatic carbocycles.